The van der Waals surface area contributed by atoms with Crippen LogP contribution in [-0.2, 0) is 19.1 Å². The van der Waals surface area contributed by atoms with Gasteiger partial charge < -0.3 is 9.47 Å². The fourth-order valence-corrected chi connectivity index (χ4v) is 3.33. The minimum Gasteiger partial charge on any atom is -0.466 e. The molecule has 0 aliphatic rings. The van der Waals surface area contributed by atoms with Crippen LogP contribution in [0.15, 0.2) is 0 Å². The molecule has 0 fully saturated rings. The molecule has 0 N–H and O–H groups in total. The largest absolute Gasteiger partial charge is 0.466 e. The molecule has 166 valence electrons. The number of esters is 2. The first-order chi connectivity index (χ1) is 13.7. The van der Waals surface area contributed by atoms with Gasteiger partial charge in [0.05, 0.1) is 13.2 Å². The average molecular weight is 399 g/mol. The Bertz CT molecular complexity index is 355. The summed E-state index contributed by atoms with van der Waals surface area (Å²) >= 11 is 0. The van der Waals surface area contributed by atoms with E-state index < -0.39 is 0 Å². The summed E-state index contributed by atoms with van der Waals surface area (Å²) in [6, 6.07) is 0. The summed E-state index contributed by atoms with van der Waals surface area (Å²) in [5, 5.41) is 0. The van der Waals surface area contributed by atoms with Gasteiger partial charge >= 0.3 is 11.9 Å². The second-order valence-electron chi connectivity index (χ2n) is 7.83. The molecule has 0 saturated carbocycles. The Morgan fingerprint density at radius 1 is 0.500 bits per heavy atom. The highest BCUT2D eigenvalue weighted by molar-refractivity contribution is 5.69. The van der Waals surface area contributed by atoms with Crippen molar-refractivity contribution in [2.75, 3.05) is 13.2 Å². The van der Waals surface area contributed by atoms with E-state index in [1.807, 2.05) is 6.92 Å². The molecule has 0 unspecified atom stereocenters. The lowest BCUT2D eigenvalue weighted by Crippen LogP contribution is -2.05. The van der Waals surface area contributed by atoms with Crippen molar-refractivity contribution >= 4 is 11.9 Å². The van der Waals surface area contributed by atoms with Crippen molar-refractivity contribution in [1.29, 1.82) is 0 Å². The summed E-state index contributed by atoms with van der Waals surface area (Å²) in [6.45, 7) is 5.12. The first-order valence-electron chi connectivity index (χ1n) is 12.0. The smallest absolute Gasteiger partial charge is 0.305 e. The molecule has 28 heavy (non-hydrogen) atoms. The number of unbranched alkanes of at least 4 members (excludes halogenated alkanes) is 14. The minimum atomic E-state index is -0.103. The van der Waals surface area contributed by atoms with E-state index >= 15 is 0 Å². The molecule has 0 aromatic carbocycles. The van der Waals surface area contributed by atoms with Crippen LogP contribution in [0.25, 0.3) is 0 Å². The fourth-order valence-electron chi connectivity index (χ4n) is 3.33. The predicted octanol–water partition coefficient (Wildman–Crippen LogP) is 7.13. The number of ether oxygens (including phenoxy) is 2. The lowest BCUT2D eigenvalue weighted by Gasteiger charge is -2.05. The molecule has 0 atom stereocenters. The fraction of sp³-hybridized carbons (Fsp3) is 0.917. The van der Waals surface area contributed by atoms with Gasteiger partial charge in [0.1, 0.15) is 0 Å². The maximum absolute atomic E-state index is 11.7. The summed E-state index contributed by atoms with van der Waals surface area (Å²) in [6.07, 6.45) is 20.3. The van der Waals surface area contributed by atoms with Crippen molar-refractivity contribution in [2.45, 2.75) is 129 Å². The Balaban J connectivity index is 3.20. The Hall–Kier alpha value is -1.06. The van der Waals surface area contributed by atoms with E-state index in [0.717, 1.165) is 38.5 Å². The van der Waals surface area contributed by atoms with E-state index in [9.17, 15) is 9.59 Å². The van der Waals surface area contributed by atoms with Crippen LogP contribution in [0.5, 0.6) is 0 Å². The van der Waals surface area contributed by atoms with Crippen LogP contribution in [0.1, 0.15) is 129 Å². The number of carbonyl (C=O) groups excluding carboxylic acids is 2. The van der Waals surface area contributed by atoms with Gasteiger partial charge in [-0.2, -0.15) is 0 Å². The first-order valence-corrected chi connectivity index (χ1v) is 12.0. The van der Waals surface area contributed by atoms with Crippen LogP contribution in [0.2, 0.25) is 0 Å². The van der Waals surface area contributed by atoms with Crippen LogP contribution in [0.3, 0.4) is 0 Å². The van der Waals surface area contributed by atoms with E-state index in [4.69, 9.17) is 9.47 Å². The van der Waals surface area contributed by atoms with Gasteiger partial charge in [0, 0.05) is 12.8 Å². The molecule has 0 bridgehead atoms. The van der Waals surface area contributed by atoms with Gasteiger partial charge in [0.2, 0.25) is 0 Å². The van der Waals surface area contributed by atoms with E-state index in [0.29, 0.717) is 26.1 Å². The number of carbonyl (C=O) groups is 2. The molecule has 0 aliphatic heterocycles. The maximum Gasteiger partial charge on any atom is 0.305 e. The van der Waals surface area contributed by atoms with Crippen molar-refractivity contribution in [3.05, 3.63) is 0 Å². The summed E-state index contributed by atoms with van der Waals surface area (Å²) in [5.74, 6) is -0.160. The van der Waals surface area contributed by atoms with Crippen LogP contribution >= 0.6 is 0 Å². The summed E-state index contributed by atoms with van der Waals surface area (Å²) in [7, 11) is 0. The Morgan fingerprint density at radius 3 is 1.36 bits per heavy atom. The van der Waals surface area contributed by atoms with Gasteiger partial charge in [0.25, 0.3) is 0 Å². The van der Waals surface area contributed by atoms with Gasteiger partial charge in [0.15, 0.2) is 0 Å². The zero-order valence-corrected chi connectivity index (χ0v) is 18.8. The number of hydrogen-bond donors (Lipinski definition) is 0. The van der Waals surface area contributed by atoms with Gasteiger partial charge in [-0.25, -0.2) is 0 Å². The normalized spacial score (nSPS) is 10.8. The van der Waals surface area contributed by atoms with Crippen molar-refractivity contribution in [1.82, 2.24) is 0 Å². The van der Waals surface area contributed by atoms with E-state index in [-0.39, 0.29) is 11.9 Å². The third kappa shape index (κ3) is 21.2. The summed E-state index contributed by atoms with van der Waals surface area (Å²) in [4.78, 5) is 22.9. The van der Waals surface area contributed by atoms with Crippen LogP contribution in [0.4, 0.5) is 0 Å². The van der Waals surface area contributed by atoms with Gasteiger partial charge in [-0.1, -0.05) is 90.4 Å². The third-order valence-electron chi connectivity index (χ3n) is 5.08. The van der Waals surface area contributed by atoms with Gasteiger partial charge in [-0.3, -0.25) is 9.59 Å². The molecule has 4 nitrogen and oxygen atoms in total. The number of rotatable bonds is 21. The second kappa shape index (κ2) is 22.2. The Kier molecular flexibility index (Phi) is 21.4. The summed E-state index contributed by atoms with van der Waals surface area (Å²) < 4.78 is 10.2. The van der Waals surface area contributed by atoms with Crippen molar-refractivity contribution in [3.8, 4) is 0 Å². The van der Waals surface area contributed by atoms with Crippen LogP contribution in [-0.4, -0.2) is 25.2 Å². The lowest BCUT2D eigenvalue weighted by molar-refractivity contribution is -0.144. The monoisotopic (exact) mass is 398 g/mol. The van der Waals surface area contributed by atoms with Crippen LogP contribution in [0, 0.1) is 0 Å². The highest BCUT2D eigenvalue weighted by atomic mass is 16.5. The Morgan fingerprint density at radius 2 is 0.893 bits per heavy atom. The highest BCUT2D eigenvalue weighted by Crippen LogP contribution is 2.12. The second-order valence-corrected chi connectivity index (χ2v) is 7.83. The van der Waals surface area contributed by atoms with Gasteiger partial charge in [-0.15, -0.1) is 0 Å². The van der Waals surface area contributed by atoms with Crippen molar-refractivity contribution < 1.29 is 19.1 Å². The molecular formula is C24H46O4. The van der Waals surface area contributed by atoms with Crippen molar-refractivity contribution in [3.63, 3.8) is 0 Å². The van der Waals surface area contributed by atoms with Gasteiger partial charge in [-0.05, 0) is 26.2 Å². The van der Waals surface area contributed by atoms with Crippen molar-refractivity contribution in [2.24, 2.45) is 0 Å². The molecule has 0 saturated heterocycles. The molecule has 0 aromatic heterocycles. The van der Waals surface area contributed by atoms with E-state index in [1.54, 1.807) is 0 Å². The minimum absolute atomic E-state index is 0.0568. The third-order valence-corrected chi connectivity index (χ3v) is 5.08. The SMILES string of the molecule is CCCCCCCCCCCCCOC(=O)CCCCCCCC(=O)OCC. The molecule has 0 amide bonds. The zero-order chi connectivity index (χ0) is 20.7. The maximum atomic E-state index is 11.7. The van der Waals surface area contributed by atoms with Crippen LogP contribution < -0.4 is 0 Å². The molecule has 0 spiro atoms. The average Bonchev–Trinajstić information content (AvgIpc) is 2.68. The molecule has 0 rings (SSSR count). The Labute approximate surface area is 174 Å². The molecule has 0 heterocycles. The lowest BCUT2D eigenvalue weighted by atomic mass is 10.1. The quantitative estimate of drug-likeness (QED) is 0.152. The first kappa shape index (κ1) is 26.9. The molecule has 0 aromatic rings. The number of hydrogen-bond acceptors (Lipinski definition) is 4. The topological polar surface area (TPSA) is 52.6 Å². The van der Waals surface area contributed by atoms with E-state index in [1.165, 1.54) is 64.2 Å². The van der Waals surface area contributed by atoms with E-state index in [2.05, 4.69) is 6.92 Å². The summed E-state index contributed by atoms with van der Waals surface area (Å²) in [5.41, 5.74) is 0. The molecule has 0 aliphatic carbocycles. The highest BCUT2D eigenvalue weighted by Gasteiger charge is 2.04. The standard InChI is InChI=1S/C24H46O4/c1-3-5-6-7-8-9-10-11-12-16-19-22-28-24(26)21-18-15-13-14-17-20-23(25)27-4-2/h3-22H2,1-2H3. The predicted molar refractivity (Wildman–Crippen MR) is 116 cm³/mol. The molecule has 4 heteroatoms. The molecular weight excluding hydrogens is 352 g/mol. The zero-order valence-electron chi connectivity index (χ0n) is 18.8. The molecule has 0 radical (unpaired) electrons.